The Balaban J connectivity index is 1.65. The van der Waals surface area contributed by atoms with Crippen LogP contribution in [0.5, 0.6) is 0 Å². The van der Waals surface area contributed by atoms with Crippen molar-refractivity contribution in [3.05, 3.63) is 47.5 Å². The van der Waals surface area contributed by atoms with Crippen molar-refractivity contribution in [2.24, 2.45) is 9.98 Å². The van der Waals surface area contributed by atoms with Crippen LogP contribution in [-0.4, -0.2) is 42.8 Å². The highest BCUT2D eigenvalue weighted by Crippen LogP contribution is 2.27. The largest absolute Gasteiger partial charge is 0.370 e. The van der Waals surface area contributed by atoms with Crippen LogP contribution in [0.25, 0.3) is 21.8 Å². The van der Waals surface area contributed by atoms with Crippen molar-refractivity contribution in [3.8, 4) is 0 Å². The standard InChI is InChI=1S/C20H21N5/c1-7-21-19(22-8-1)13-3-5-17-15(11-13)16-12-14(4-6-18(16)25-17)20-23-9-2-10-24-20/h3-6,11-12,25H,1-2,7-10H2,(H,21,22)(H,23,24). The van der Waals surface area contributed by atoms with Gasteiger partial charge in [-0.05, 0) is 49.2 Å². The minimum Gasteiger partial charge on any atom is -0.370 e. The number of rotatable bonds is 2. The third-order valence-corrected chi connectivity index (χ3v) is 4.94. The lowest BCUT2D eigenvalue weighted by Gasteiger charge is -2.15. The molecule has 3 N–H and O–H groups in total. The number of amidine groups is 2. The number of aliphatic imine (C=N–C) groups is 2. The number of aromatic amines is 1. The van der Waals surface area contributed by atoms with E-state index in [1.807, 2.05) is 0 Å². The van der Waals surface area contributed by atoms with E-state index in [2.05, 4.69) is 62.0 Å². The molecule has 2 aliphatic rings. The molecule has 0 bridgehead atoms. The van der Waals surface area contributed by atoms with E-state index in [4.69, 9.17) is 0 Å². The Morgan fingerprint density at radius 3 is 1.64 bits per heavy atom. The van der Waals surface area contributed by atoms with E-state index in [1.165, 1.54) is 10.8 Å². The average molecular weight is 331 g/mol. The Morgan fingerprint density at radius 2 is 1.20 bits per heavy atom. The number of hydrogen-bond donors (Lipinski definition) is 3. The molecule has 0 spiro atoms. The maximum Gasteiger partial charge on any atom is 0.128 e. The van der Waals surface area contributed by atoms with Gasteiger partial charge in [-0.15, -0.1) is 0 Å². The molecule has 0 fully saturated rings. The number of hydrogen-bond acceptors (Lipinski definition) is 4. The van der Waals surface area contributed by atoms with Gasteiger partial charge in [0.15, 0.2) is 0 Å². The van der Waals surface area contributed by atoms with E-state index in [0.717, 1.165) is 72.9 Å². The molecule has 2 aliphatic heterocycles. The number of aromatic nitrogens is 1. The van der Waals surface area contributed by atoms with Gasteiger partial charge in [0.05, 0.1) is 0 Å². The molecule has 0 aliphatic carbocycles. The van der Waals surface area contributed by atoms with Crippen LogP contribution in [0.3, 0.4) is 0 Å². The summed E-state index contributed by atoms with van der Waals surface area (Å²) in [5.74, 6) is 2.02. The zero-order chi connectivity index (χ0) is 16.6. The van der Waals surface area contributed by atoms with Gasteiger partial charge in [0.25, 0.3) is 0 Å². The van der Waals surface area contributed by atoms with Crippen molar-refractivity contribution in [1.29, 1.82) is 0 Å². The molecule has 25 heavy (non-hydrogen) atoms. The second-order valence-electron chi connectivity index (χ2n) is 6.67. The van der Waals surface area contributed by atoms with E-state index in [1.54, 1.807) is 0 Å². The van der Waals surface area contributed by atoms with Crippen molar-refractivity contribution in [2.45, 2.75) is 12.8 Å². The van der Waals surface area contributed by atoms with Crippen LogP contribution in [0.15, 0.2) is 46.4 Å². The molecule has 3 heterocycles. The lowest BCUT2D eigenvalue weighted by atomic mass is 10.1. The van der Waals surface area contributed by atoms with Gasteiger partial charge in [-0.3, -0.25) is 9.98 Å². The van der Waals surface area contributed by atoms with E-state index in [-0.39, 0.29) is 0 Å². The van der Waals surface area contributed by atoms with Gasteiger partial charge in [-0.2, -0.15) is 0 Å². The minimum atomic E-state index is 0.907. The molecule has 0 amide bonds. The molecule has 5 heteroatoms. The van der Waals surface area contributed by atoms with E-state index in [0.29, 0.717) is 0 Å². The Kier molecular flexibility index (Phi) is 3.44. The molecular weight excluding hydrogens is 310 g/mol. The molecule has 5 rings (SSSR count). The summed E-state index contributed by atoms with van der Waals surface area (Å²) in [6.07, 6.45) is 2.22. The molecule has 0 saturated heterocycles. The van der Waals surface area contributed by atoms with E-state index >= 15 is 0 Å². The quantitative estimate of drug-likeness (QED) is 0.676. The monoisotopic (exact) mass is 331 g/mol. The Labute approximate surface area is 146 Å². The number of nitrogens with one attached hydrogen (secondary N) is 3. The van der Waals surface area contributed by atoms with Gasteiger partial charge < -0.3 is 15.6 Å². The van der Waals surface area contributed by atoms with Crippen molar-refractivity contribution in [2.75, 3.05) is 26.2 Å². The first-order chi connectivity index (χ1) is 12.4. The lowest BCUT2D eigenvalue weighted by molar-refractivity contribution is 0.742. The summed E-state index contributed by atoms with van der Waals surface area (Å²) < 4.78 is 0. The van der Waals surface area contributed by atoms with Crippen LogP contribution in [0.2, 0.25) is 0 Å². The summed E-state index contributed by atoms with van der Waals surface area (Å²) in [6.45, 7) is 3.81. The van der Waals surface area contributed by atoms with Gasteiger partial charge in [-0.1, -0.05) is 0 Å². The predicted molar refractivity (Wildman–Crippen MR) is 104 cm³/mol. The molecule has 5 nitrogen and oxygen atoms in total. The van der Waals surface area contributed by atoms with Crippen LogP contribution < -0.4 is 10.6 Å². The van der Waals surface area contributed by atoms with Crippen LogP contribution in [0.4, 0.5) is 0 Å². The SMILES string of the molecule is c1cc2[nH]c3ccc(C4=NCCCN4)cc3c2cc1C1=NCCCN1. The van der Waals surface area contributed by atoms with Crippen LogP contribution in [-0.2, 0) is 0 Å². The minimum absolute atomic E-state index is 0.907. The molecule has 0 unspecified atom stereocenters. The summed E-state index contributed by atoms with van der Waals surface area (Å²) in [5, 5.41) is 9.30. The molecule has 2 aromatic carbocycles. The molecule has 0 atom stereocenters. The second kappa shape index (κ2) is 5.92. The fourth-order valence-corrected chi connectivity index (χ4v) is 3.64. The summed E-state index contributed by atoms with van der Waals surface area (Å²) in [5.41, 5.74) is 4.63. The number of nitrogens with zero attached hydrogens (tertiary/aromatic N) is 2. The number of benzene rings is 2. The number of H-pyrrole nitrogens is 1. The molecule has 126 valence electrons. The Bertz CT molecular complexity index is 931. The normalized spacial score (nSPS) is 17.8. The van der Waals surface area contributed by atoms with Crippen molar-refractivity contribution >= 4 is 33.5 Å². The third-order valence-electron chi connectivity index (χ3n) is 4.94. The maximum absolute atomic E-state index is 4.63. The van der Waals surface area contributed by atoms with Gasteiger partial charge in [0.2, 0.25) is 0 Å². The highest BCUT2D eigenvalue weighted by molar-refractivity contribution is 6.13. The zero-order valence-corrected chi connectivity index (χ0v) is 14.1. The fourth-order valence-electron chi connectivity index (χ4n) is 3.64. The average Bonchev–Trinajstić information content (AvgIpc) is 3.06. The molecule has 0 saturated carbocycles. The predicted octanol–water partition coefficient (Wildman–Crippen LogP) is 2.80. The first-order valence-corrected chi connectivity index (χ1v) is 9.01. The van der Waals surface area contributed by atoms with Gasteiger partial charge in [-0.25, -0.2) is 0 Å². The fraction of sp³-hybridized carbons (Fsp3) is 0.300. The molecular formula is C20H21N5. The maximum atomic E-state index is 4.63. The summed E-state index contributed by atoms with van der Waals surface area (Å²) in [6, 6.07) is 13.1. The molecule has 0 radical (unpaired) electrons. The van der Waals surface area contributed by atoms with Crippen LogP contribution >= 0.6 is 0 Å². The summed E-state index contributed by atoms with van der Waals surface area (Å²) in [7, 11) is 0. The first kappa shape index (κ1) is 14.5. The molecule has 1 aromatic heterocycles. The summed E-state index contributed by atoms with van der Waals surface area (Å²) >= 11 is 0. The van der Waals surface area contributed by atoms with Crippen LogP contribution in [0.1, 0.15) is 24.0 Å². The number of fused-ring (bicyclic) bond motifs is 3. The van der Waals surface area contributed by atoms with Gasteiger partial charge >= 0.3 is 0 Å². The topological polar surface area (TPSA) is 64.6 Å². The smallest absolute Gasteiger partial charge is 0.128 e. The van der Waals surface area contributed by atoms with Crippen molar-refractivity contribution in [3.63, 3.8) is 0 Å². The van der Waals surface area contributed by atoms with Crippen LogP contribution in [0, 0.1) is 0 Å². The first-order valence-electron chi connectivity index (χ1n) is 9.01. The third kappa shape index (κ3) is 2.56. The zero-order valence-electron chi connectivity index (χ0n) is 14.1. The summed E-state index contributed by atoms with van der Waals surface area (Å²) in [4.78, 5) is 12.8. The molecule has 3 aromatic rings. The second-order valence-corrected chi connectivity index (χ2v) is 6.67. The Hall–Kier alpha value is -2.82. The highest BCUT2D eigenvalue weighted by atomic mass is 15.0. The van der Waals surface area contributed by atoms with E-state index < -0.39 is 0 Å². The lowest BCUT2D eigenvalue weighted by Crippen LogP contribution is -2.30. The Morgan fingerprint density at radius 1 is 0.680 bits per heavy atom. The van der Waals surface area contributed by atoms with Crippen molar-refractivity contribution in [1.82, 2.24) is 15.6 Å². The van der Waals surface area contributed by atoms with Gasteiger partial charge in [0.1, 0.15) is 11.7 Å². The van der Waals surface area contributed by atoms with Gasteiger partial charge in [0, 0.05) is 59.1 Å². The van der Waals surface area contributed by atoms with E-state index in [9.17, 15) is 0 Å². The van der Waals surface area contributed by atoms with Crippen molar-refractivity contribution < 1.29 is 0 Å². The highest BCUT2D eigenvalue weighted by Gasteiger charge is 2.13.